The van der Waals surface area contributed by atoms with Crippen LogP contribution in [0.1, 0.15) is 24.4 Å². The van der Waals surface area contributed by atoms with Gasteiger partial charge in [-0.25, -0.2) is 14.1 Å². The van der Waals surface area contributed by atoms with Crippen molar-refractivity contribution in [3.8, 4) is 16.8 Å². The van der Waals surface area contributed by atoms with Crippen LogP contribution < -0.4 is 10.6 Å². The molecule has 0 bridgehead atoms. The predicted octanol–water partition coefficient (Wildman–Crippen LogP) is 3.87. The van der Waals surface area contributed by atoms with Gasteiger partial charge in [0, 0.05) is 34.1 Å². The summed E-state index contributed by atoms with van der Waals surface area (Å²) in [4.78, 5) is 30.5. The molecule has 3 heterocycles. The zero-order valence-electron chi connectivity index (χ0n) is 20.3. The van der Waals surface area contributed by atoms with Gasteiger partial charge in [0.05, 0.1) is 11.0 Å². The Labute approximate surface area is 226 Å². The van der Waals surface area contributed by atoms with Crippen molar-refractivity contribution in [3.63, 3.8) is 0 Å². The monoisotopic (exact) mass is 572 g/mol. The van der Waals surface area contributed by atoms with E-state index in [1.807, 2.05) is 48.7 Å². The van der Waals surface area contributed by atoms with Crippen molar-refractivity contribution in [3.05, 3.63) is 105 Å². The van der Waals surface area contributed by atoms with Crippen LogP contribution in [-0.4, -0.2) is 39.1 Å². The summed E-state index contributed by atoms with van der Waals surface area (Å²) < 4.78 is 22.6. The summed E-state index contributed by atoms with van der Waals surface area (Å²) in [6.07, 6.45) is 2.60. The lowest BCUT2D eigenvalue weighted by molar-refractivity contribution is -0.130. The van der Waals surface area contributed by atoms with E-state index in [9.17, 15) is 14.0 Å². The second-order valence-corrected chi connectivity index (χ2v) is 10.2. The summed E-state index contributed by atoms with van der Waals surface area (Å²) >= 11 is 3.46. The average molecular weight is 573 g/mol. The number of fused-ring (bicyclic) bond motifs is 1. The van der Waals surface area contributed by atoms with E-state index in [1.165, 1.54) is 18.2 Å². The van der Waals surface area contributed by atoms with Crippen molar-refractivity contribution in [2.24, 2.45) is 4.99 Å². The van der Waals surface area contributed by atoms with Crippen LogP contribution in [0.15, 0.2) is 82.4 Å². The van der Waals surface area contributed by atoms with E-state index >= 15 is 0 Å². The maximum Gasteiger partial charge on any atom is 0.270 e. The van der Waals surface area contributed by atoms with E-state index in [-0.39, 0.29) is 17.6 Å². The number of carbonyl (C=O) groups excluding carboxylic acids is 2. The van der Waals surface area contributed by atoms with Crippen LogP contribution in [0.2, 0.25) is 0 Å². The molecule has 2 amide bonds. The second-order valence-electron chi connectivity index (χ2n) is 9.26. The molecule has 0 radical (unpaired) electrons. The third-order valence-electron chi connectivity index (χ3n) is 6.71. The quantitative estimate of drug-likeness (QED) is 0.351. The van der Waals surface area contributed by atoms with Crippen LogP contribution in [0.5, 0.6) is 0 Å². The van der Waals surface area contributed by atoms with Gasteiger partial charge < -0.3 is 9.64 Å². The Morgan fingerprint density at radius 2 is 1.79 bits per heavy atom. The third kappa shape index (κ3) is 4.59. The van der Waals surface area contributed by atoms with Crippen molar-refractivity contribution >= 4 is 33.8 Å². The van der Waals surface area contributed by atoms with E-state index < -0.39 is 12.3 Å². The number of hydrogen-bond donors (Lipinski definition) is 0. The largest absolute Gasteiger partial charge is 0.339 e. The molecule has 0 unspecified atom stereocenters. The Morgan fingerprint density at radius 3 is 2.55 bits per heavy atom. The van der Waals surface area contributed by atoms with Gasteiger partial charge >= 0.3 is 0 Å². The van der Waals surface area contributed by atoms with Crippen LogP contribution in [0.25, 0.3) is 22.9 Å². The van der Waals surface area contributed by atoms with Gasteiger partial charge in [-0.1, -0.05) is 34.1 Å². The smallest absolute Gasteiger partial charge is 0.270 e. The molecule has 2 aliphatic heterocycles. The summed E-state index contributed by atoms with van der Waals surface area (Å²) in [5.74, 6) is -0.723. The molecule has 1 fully saturated rings. The molecule has 2 atom stereocenters. The number of carbonyl (C=O) groups is 2. The van der Waals surface area contributed by atoms with Gasteiger partial charge in [-0.3, -0.25) is 9.59 Å². The van der Waals surface area contributed by atoms with Crippen LogP contribution in [-0.2, 0) is 20.7 Å². The topological polar surface area (TPSA) is 76.8 Å². The molecule has 0 spiro atoms. The molecule has 0 aliphatic carbocycles. The lowest BCUT2D eigenvalue weighted by Crippen LogP contribution is -2.33. The van der Waals surface area contributed by atoms with Crippen LogP contribution in [0.4, 0.5) is 4.39 Å². The molecule has 3 aromatic carbocycles. The minimum Gasteiger partial charge on any atom is -0.339 e. The predicted molar refractivity (Wildman–Crippen MR) is 142 cm³/mol. The number of aromatic nitrogens is 2. The molecule has 6 rings (SSSR count). The van der Waals surface area contributed by atoms with E-state index in [4.69, 9.17) is 9.84 Å². The standard InChI is InChI=1S/C29H22BrFN4O3/c1-17-28(37)34(13-12-18-2-11-25-20(14-18)15-26(36)32-25)29(38-17)27-24(19-3-7-22(31)8-4-19)16-35(33-27)23-9-5-21(30)6-10-23/h2-11,14-17,29H,12-13H2,1H3/t17-,29+/m0/s1. The van der Waals surface area contributed by atoms with Crippen molar-refractivity contribution in [1.82, 2.24) is 14.7 Å². The van der Waals surface area contributed by atoms with E-state index in [0.29, 0.717) is 24.0 Å². The zero-order valence-corrected chi connectivity index (χ0v) is 21.9. The molecule has 0 N–H and O–H groups in total. The molecule has 1 aromatic heterocycles. The second kappa shape index (κ2) is 9.74. The third-order valence-corrected chi connectivity index (χ3v) is 7.24. The highest BCUT2D eigenvalue weighted by Crippen LogP contribution is 2.37. The normalized spacial score (nSPS) is 18.4. The van der Waals surface area contributed by atoms with Crippen molar-refractivity contribution in [1.29, 1.82) is 0 Å². The van der Waals surface area contributed by atoms with Crippen LogP contribution in [0.3, 0.4) is 0 Å². The Hall–Kier alpha value is -3.95. The van der Waals surface area contributed by atoms with E-state index in [2.05, 4.69) is 20.9 Å². The fourth-order valence-electron chi connectivity index (χ4n) is 4.77. The Balaban J connectivity index is 1.36. The highest BCUT2D eigenvalue weighted by Gasteiger charge is 2.41. The van der Waals surface area contributed by atoms with Gasteiger partial charge in [-0.2, -0.15) is 5.10 Å². The summed E-state index contributed by atoms with van der Waals surface area (Å²) in [6.45, 7) is 2.13. The van der Waals surface area contributed by atoms with Gasteiger partial charge in [0.25, 0.3) is 11.8 Å². The number of hydrogen-bond acceptors (Lipinski definition) is 4. The minimum absolute atomic E-state index is 0.129. The van der Waals surface area contributed by atoms with E-state index in [1.54, 1.807) is 28.6 Å². The Kier molecular flexibility index (Phi) is 6.25. The van der Waals surface area contributed by atoms with Crippen molar-refractivity contribution < 1.29 is 18.7 Å². The lowest BCUT2D eigenvalue weighted by Gasteiger charge is -2.22. The molecule has 2 aliphatic rings. The molecule has 38 heavy (non-hydrogen) atoms. The average Bonchev–Trinajstić information content (AvgIpc) is 3.58. The summed E-state index contributed by atoms with van der Waals surface area (Å²) in [7, 11) is 0. The Morgan fingerprint density at radius 1 is 1.03 bits per heavy atom. The molecular formula is C29H22BrFN4O3. The maximum absolute atomic E-state index is 13.7. The molecule has 7 nitrogen and oxygen atoms in total. The van der Waals surface area contributed by atoms with E-state index in [0.717, 1.165) is 32.1 Å². The fourth-order valence-corrected chi connectivity index (χ4v) is 5.04. The van der Waals surface area contributed by atoms with Crippen LogP contribution >= 0.6 is 15.9 Å². The number of amides is 2. The first-order valence-electron chi connectivity index (χ1n) is 12.2. The summed E-state index contributed by atoms with van der Waals surface area (Å²) in [6, 6.07) is 19.6. The zero-order chi connectivity index (χ0) is 26.4. The summed E-state index contributed by atoms with van der Waals surface area (Å²) in [5, 5.41) is 6.30. The highest BCUT2D eigenvalue weighted by molar-refractivity contribution is 9.10. The van der Waals surface area contributed by atoms with Gasteiger partial charge in [0.15, 0.2) is 6.23 Å². The minimum atomic E-state index is -0.716. The van der Waals surface area contributed by atoms with Crippen molar-refractivity contribution in [2.75, 3.05) is 6.54 Å². The number of halogens is 2. The number of rotatable bonds is 6. The Bertz CT molecular complexity index is 1680. The number of nitrogens with zero attached hydrogens (tertiary/aromatic N) is 4. The van der Waals surface area contributed by atoms with Gasteiger partial charge in [0.1, 0.15) is 17.6 Å². The fraction of sp³-hybridized carbons (Fsp3) is 0.172. The first-order chi connectivity index (χ1) is 18.4. The highest BCUT2D eigenvalue weighted by atomic mass is 79.9. The van der Waals surface area contributed by atoms with Gasteiger partial charge in [-0.15, -0.1) is 0 Å². The first-order valence-corrected chi connectivity index (χ1v) is 13.0. The molecular weight excluding hydrogens is 551 g/mol. The van der Waals surface area contributed by atoms with Crippen molar-refractivity contribution in [2.45, 2.75) is 25.7 Å². The first kappa shape index (κ1) is 24.4. The maximum atomic E-state index is 13.7. The van der Waals surface area contributed by atoms with Gasteiger partial charge in [-0.05, 0) is 73.0 Å². The molecule has 190 valence electrons. The molecule has 1 saturated heterocycles. The van der Waals surface area contributed by atoms with Gasteiger partial charge in [0.2, 0.25) is 0 Å². The number of benzene rings is 3. The number of ether oxygens (including phenoxy) is 1. The summed E-state index contributed by atoms with van der Waals surface area (Å²) in [5.41, 5.74) is 3.90. The molecule has 0 saturated carbocycles. The van der Waals surface area contributed by atoms with Crippen LogP contribution in [0, 0.1) is 5.82 Å². The lowest BCUT2D eigenvalue weighted by atomic mass is 10.0. The molecule has 9 heteroatoms. The SMILES string of the molecule is C[C@@H]1O[C@H](c2nn(-c3ccc(Br)cc3)cc2-c2ccc(F)cc2)N(CCc2ccc3c(c2)=CC(=O)N=3)C1=O. The molecule has 4 aromatic rings.